The Bertz CT molecular complexity index is 249. The number of rotatable bonds is 1. The van der Waals surface area contributed by atoms with Gasteiger partial charge in [0.2, 0.25) is 0 Å². The van der Waals surface area contributed by atoms with Gasteiger partial charge in [0, 0.05) is 13.1 Å². The lowest BCUT2D eigenvalue weighted by atomic mass is 9.93. The fraction of sp³-hybridized carbons (Fsp3) is 0.727. The van der Waals surface area contributed by atoms with Gasteiger partial charge in [0.1, 0.15) is 0 Å². The molecule has 1 aliphatic carbocycles. The van der Waals surface area contributed by atoms with Crippen molar-refractivity contribution in [3.8, 4) is 12.3 Å². The van der Waals surface area contributed by atoms with Gasteiger partial charge in [0.05, 0.1) is 0 Å². The van der Waals surface area contributed by atoms with Gasteiger partial charge in [-0.15, -0.1) is 6.42 Å². The Hall–Kier alpha value is -0.970. The predicted molar refractivity (Wildman–Crippen MR) is 50.9 cm³/mol. The summed E-state index contributed by atoms with van der Waals surface area (Å²) in [6, 6.07) is 0. The number of terminal acetylenes is 1. The van der Waals surface area contributed by atoms with Crippen molar-refractivity contribution in [3.05, 3.63) is 0 Å². The molecular weight excluding hydrogens is 162 g/mol. The molecule has 0 N–H and O–H groups in total. The van der Waals surface area contributed by atoms with E-state index in [1.807, 2.05) is 4.90 Å². The van der Waals surface area contributed by atoms with E-state index >= 15 is 0 Å². The Labute approximate surface area is 79.3 Å². The molecule has 2 nitrogen and oxygen atoms in total. The first-order chi connectivity index (χ1) is 6.31. The first kappa shape index (κ1) is 8.62. The summed E-state index contributed by atoms with van der Waals surface area (Å²) in [6.07, 6.45) is 10.3. The van der Waals surface area contributed by atoms with Crippen molar-refractivity contribution in [3.63, 3.8) is 0 Å². The third-order valence-electron chi connectivity index (χ3n) is 3.16. The van der Waals surface area contributed by atoms with Crippen LogP contribution in [0.3, 0.4) is 0 Å². The minimum Gasteiger partial charge on any atom is -0.332 e. The lowest BCUT2D eigenvalue weighted by molar-refractivity contribution is -0.126. The van der Waals surface area contributed by atoms with E-state index in [2.05, 4.69) is 5.92 Å². The van der Waals surface area contributed by atoms with Crippen LogP contribution in [0.25, 0.3) is 0 Å². The molecule has 1 aliphatic heterocycles. The molecular formula is C11H15NO. The summed E-state index contributed by atoms with van der Waals surface area (Å²) in [4.78, 5) is 13.1. The molecule has 2 rings (SSSR count). The molecule has 2 fully saturated rings. The average molecular weight is 177 g/mol. The molecule has 13 heavy (non-hydrogen) atoms. The van der Waals surface area contributed by atoms with Crippen molar-refractivity contribution >= 4 is 5.91 Å². The monoisotopic (exact) mass is 177 g/mol. The Kier molecular flexibility index (Phi) is 2.26. The van der Waals surface area contributed by atoms with Crippen molar-refractivity contribution in [1.29, 1.82) is 0 Å². The second-order valence-corrected chi connectivity index (χ2v) is 4.14. The molecule has 0 aromatic carbocycles. The van der Waals surface area contributed by atoms with Gasteiger partial charge in [-0.1, -0.05) is 0 Å². The van der Waals surface area contributed by atoms with Crippen molar-refractivity contribution in [1.82, 2.24) is 4.90 Å². The van der Waals surface area contributed by atoms with Crippen LogP contribution in [-0.4, -0.2) is 23.9 Å². The summed E-state index contributed by atoms with van der Waals surface area (Å²) >= 11 is 0. The lowest BCUT2D eigenvalue weighted by Crippen LogP contribution is -2.39. The summed E-state index contributed by atoms with van der Waals surface area (Å²) in [5.41, 5.74) is 0. The molecule has 2 aliphatic rings. The Morgan fingerprint density at radius 2 is 2.08 bits per heavy atom. The number of hydrogen-bond donors (Lipinski definition) is 0. The normalized spacial score (nSPS) is 28.2. The fourth-order valence-corrected chi connectivity index (χ4v) is 2.24. The second-order valence-electron chi connectivity index (χ2n) is 4.14. The highest BCUT2D eigenvalue weighted by Gasteiger charge is 2.34. The summed E-state index contributed by atoms with van der Waals surface area (Å²) in [5.74, 6) is 3.72. The minimum atomic E-state index is -0.120. The van der Waals surface area contributed by atoms with E-state index in [1.54, 1.807) is 0 Å². The molecule has 1 amide bonds. The minimum absolute atomic E-state index is 0.120. The zero-order valence-corrected chi connectivity index (χ0v) is 7.83. The molecule has 1 saturated heterocycles. The van der Waals surface area contributed by atoms with E-state index in [0.717, 1.165) is 31.3 Å². The third kappa shape index (κ3) is 1.85. The van der Waals surface area contributed by atoms with Crippen LogP contribution in [0.15, 0.2) is 0 Å². The van der Waals surface area contributed by atoms with Gasteiger partial charge in [-0.3, -0.25) is 4.79 Å². The summed E-state index contributed by atoms with van der Waals surface area (Å²) in [6.45, 7) is 1.78. The molecule has 0 radical (unpaired) electrons. The van der Waals surface area contributed by atoms with Crippen LogP contribution < -0.4 is 0 Å². The first-order valence-electron chi connectivity index (χ1n) is 5.07. The van der Waals surface area contributed by atoms with E-state index in [0.29, 0.717) is 0 Å². The van der Waals surface area contributed by atoms with Crippen LogP contribution in [0, 0.1) is 24.2 Å². The Morgan fingerprint density at radius 1 is 1.31 bits per heavy atom. The van der Waals surface area contributed by atoms with Crippen molar-refractivity contribution in [2.24, 2.45) is 11.8 Å². The number of hydrogen-bond acceptors (Lipinski definition) is 1. The number of nitrogens with zero attached hydrogens (tertiary/aromatic N) is 1. The molecule has 0 aromatic heterocycles. The molecule has 70 valence electrons. The van der Waals surface area contributed by atoms with Gasteiger partial charge in [-0.25, -0.2) is 0 Å². The van der Waals surface area contributed by atoms with E-state index in [4.69, 9.17) is 6.42 Å². The second kappa shape index (κ2) is 3.41. The van der Waals surface area contributed by atoms with Crippen LogP contribution in [0.5, 0.6) is 0 Å². The lowest BCUT2D eigenvalue weighted by Gasteiger charge is -2.31. The van der Waals surface area contributed by atoms with Crippen LogP contribution >= 0.6 is 0 Å². The third-order valence-corrected chi connectivity index (χ3v) is 3.16. The maximum absolute atomic E-state index is 11.2. The topological polar surface area (TPSA) is 20.3 Å². The summed E-state index contributed by atoms with van der Waals surface area (Å²) in [5, 5.41) is 0. The number of carbonyl (C=O) groups is 1. The van der Waals surface area contributed by atoms with Gasteiger partial charge in [0.15, 0.2) is 0 Å². The molecule has 0 bridgehead atoms. The van der Waals surface area contributed by atoms with Gasteiger partial charge >= 0.3 is 0 Å². The van der Waals surface area contributed by atoms with Crippen LogP contribution in [-0.2, 0) is 4.79 Å². The molecule has 1 heterocycles. The summed E-state index contributed by atoms with van der Waals surface area (Å²) in [7, 11) is 0. The standard InChI is InChI=1S/C11H15NO/c1-2-11(13)12-7-3-4-10(8-12)9-5-6-9/h1,9-10H,3-8H2. The smallest absolute Gasteiger partial charge is 0.298 e. The van der Waals surface area contributed by atoms with E-state index in [9.17, 15) is 4.79 Å². The quantitative estimate of drug-likeness (QED) is 0.552. The molecule has 1 atom stereocenters. The van der Waals surface area contributed by atoms with Crippen molar-refractivity contribution in [2.75, 3.05) is 13.1 Å². The van der Waals surface area contributed by atoms with Gasteiger partial charge in [-0.2, -0.15) is 0 Å². The molecule has 0 aromatic rings. The SMILES string of the molecule is C#CC(=O)N1CCCC(C2CC2)C1. The zero-order valence-electron chi connectivity index (χ0n) is 7.83. The highest BCUT2D eigenvalue weighted by atomic mass is 16.2. The summed E-state index contributed by atoms with van der Waals surface area (Å²) < 4.78 is 0. The fourth-order valence-electron chi connectivity index (χ4n) is 2.24. The van der Waals surface area contributed by atoms with E-state index < -0.39 is 0 Å². The number of likely N-dealkylation sites (tertiary alicyclic amines) is 1. The zero-order chi connectivity index (χ0) is 9.26. The van der Waals surface area contributed by atoms with E-state index in [1.165, 1.54) is 19.3 Å². The van der Waals surface area contributed by atoms with Crippen LogP contribution in [0.2, 0.25) is 0 Å². The van der Waals surface area contributed by atoms with Crippen molar-refractivity contribution < 1.29 is 4.79 Å². The van der Waals surface area contributed by atoms with Crippen LogP contribution in [0.4, 0.5) is 0 Å². The largest absolute Gasteiger partial charge is 0.332 e. The molecule has 2 heteroatoms. The average Bonchev–Trinajstić information content (AvgIpc) is 3.00. The van der Waals surface area contributed by atoms with Crippen molar-refractivity contribution in [2.45, 2.75) is 25.7 Å². The highest BCUT2D eigenvalue weighted by Crippen LogP contribution is 2.40. The van der Waals surface area contributed by atoms with E-state index in [-0.39, 0.29) is 5.91 Å². The predicted octanol–water partition coefficient (Wildman–Crippen LogP) is 1.27. The Morgan fingerprint density at radius 3 is 2.69 bits per heavy atom. The molecule has 0 spiro atoms. The molecule has 1 unspecified atom stereocenters. The maximum atomic E-state index is 11.2. The highest BCUT2D eigenvalue weighted by molar-refractivity contribution is 5.92. The molecule has 1 saturated carbocycles. The Balaban J connectivity index is 1.91. The first-order valence-corrected chi connectivity index (χ1v) is 5.07. The number of carbonyl (C=O) groups excluding carboxylic acids is 1. The van der Waals surface area contributed by atoms with Gasteiger partial charge < -0.3 is 4.90 Å². The van der Waals surface area contributed by atoms with Gasteiger partial charge in [0.25, 0.3) is 5.91 Å². The van der Waals surface area contributed by atoms with Gasteiger partial charge in [-0.05, 0) is 43.4 Å². The maximum Gasteiger partial charge on any atom is 0.298 e. The number of piperidine rings is 1. The number of amides is 1. The van der Waals surface area contributed by atoms with Crippen LogP contribution in [0.1, 0.15) is 25.7 Å².